The Morgan fingerprint density at radius 1 is 1.04 bits per heavy atom. The number of halogens is 1. The lowest BCUT2D eigenvalue weighted by Gasteiger charge is -2.04. The van der Waals surface area contributed by atoms with E-state index in [1.54, 1.807) is 16.7 Å². The van der Waals surface area contributed by atoms with E-state index >= 15 is 0 Å². The van der Waals surface area contributed by atoms with E-state index in [0.717, 1.165) is 16.8 Å². The molecule has 1 N–H and O–H groups in total. The highest BCUT2D eigenvalue weighted by Crippen LogP contribution is 2.21. The van der Waals surface area contributed by atoms with Crippen molar-refractivity contribution in [3.05, 3.63) is 90.5 Å². The van der Waals surface area contributed by atoms with Crippen LogP contribution in [-0.4, -0.2) is 20.5 Å². The quantitative estimate of drug-likeness (QED) is 0.587. The molecule has 0 aliphatic rings. The van der Waals surface area contributed by atoms with Crippen molar-refractivity contribution in [2.75, 3.05) is 5.32 Å². The van der Waals surface area contributed by atoms with E-state index in [-0.39, 0.29) is 11.6 Å². The van der Waals surface area contributed by atoms with Gasteiger partial charge in [0, 0.05) is 11.3 Å². The zero-order chi connectivity index (χ0) is 18.8. The summed E-state index contributed by atoms with van der Waals surface area (Å²) in [5, 5.41) is 7.01. The maximum atomic E-state index is 13.0. The first-order valence-electron chi connectivity index (χ1n) is 8.29. The molecule has 2 aromatic carbocycles. The summed E-state index contributed by atoms with van der Waals surface area (Å²) in [6, 6.07) is 18.9. The normalized spacial score (nSPS) is 10.7. The van der Waals surface area contributed by atoms with Crippen LogP contribution in [0.15, 0.2) is 73.3 Å². The van der Waals surface area contributed by atoms with Gasteiger partial charge >= 0.3 is 0 Å². The van der Waals surface area contributed by atoms with E-state index in [1.165, 1.54) is 24.3 Å². The molecule has 5 nitrogen and oxygen atoms in total. The average Bonchev–Trinajstić information content (AvgIpc) is 3.14. The summed E-state index contributed by atoms with van der Waals surface area (Å²) >= 11 is 0. The Hall–Kier alpha value is -3.80. The maximum absolute atomic E-state index is 13.0. The number of carbonyl (C=O) groups is 1. The number of anilines is 1. The van der Waals surface area contributed by atoms with E-state index in [4.69, 9.17) is 0 Å². The molecule has 0 fully saturated rings. The van der Waals surface area contributed by atoms with E-state index in [1.807, 2.05) is 36.4 Å². The molecule has 27 heavy (non-hydrogen) atoms. The molecule has 0 unspecified atom stereocenters. The van der Waals surface area contributed by atoms with E-state index in [2.05, 4.69) is 22.0 Å². The number of aromatic nitrogens is 3. The predicted molar refractivity (Wildman–Crippen MR) is 103 cm³/mol. The molecule has 0 radical (unpaired) electrons. The van der Waals surface area contributed by atoms with Crippen molar-refractivity contribution in [2.45, 2.75) is 0 Å². The van der Waals surface area contributed by atoms with Gasteiger partial charge in [-0.05, 0) is 42.0 Å². The number of benzene rings is 2. The molecule has 0 aliphatic carbocycles. The first kappa shape index (κ1) is 16.7. The van der Waals surface area contributed by atoms with Gasteiger partial charge in [0.05, 0.1) is 5.69 Å². The number of rotatable bonds is 4. The number of amides is 1. The molecular weight excluding hydrogens is 343 g/mol. The van der Waals surface area contributed by atoms with Gasteiger partial charge in [0.2, 0.25) is 5.82 Å². The van der Waals surface area contributed by atoms with Crippen LogP contribution in [0.2, 0.25) is 0 Å². The fraction of sp³-hybridized carbons (Fsp3) is 0. The van der Waals surface area contributed by atoms with Gasteiger partial charge in [-0.15, -0.1) is 5.10 Å². The monoisotopic (exact) mass is 358 g/mol. The number of fused-ring (bicyclic) bond motifs is 1. The van der Waals surface area contributed by atoms with Gasteiger partial charge in [-0.1, -0.05) is 43.0 Å². The summed E-state index contributed by atoms with van der Waals surface area (Å²) in [6.07, 6.45) is 1.78. The molecule has 4 aromatic rings. The molecule has 0 bridgehead atoms. The smallest absolute Gasteiger partial charge is 0.295 e. The third-order valence-corrected chi connectivity index (χ3v) is 4.11. The molecule has 1 amide bonds. The average molecular weight is 358 g/mol. The van der Waals surface area contributed by atoms with E-state index in [9.17, 15) is 9.18 Å². The number of carbonyl (C=O) groups excluding carboxylic acids is 1. The second kappa shape index (κ2) is 6.84. The van der Waals surface area contributed by atoms with Crippen LogP contribution in [0.4, 0.5) is 10.1 Å². The summed E-state index contributed by atoms with van der Waals surface area (Å²) in [5.74, 6) is -0.793. The van der Waals surface area contributed by atoms with Crippen molar-refractivity contribution in [3.8, 4) is 11.3 Å². The molecule has 2 aromatic heterocycles. The second-order valence-corrected chi connectivity index (χ2v) is 5.90. The van der Waals surface area contributed by atoms with Gasteiger partial charge in [0.1, 0.15) is 5.82 Å². The van der Waals surface area contributed by atoms with Crippen molar-refractivity contribution in [2.24, 2.45) is 0 Å². The molecule has 6 heteroatoms. The Morgan fingerprint density at radius 3 is 2.48 bits per heavy atom. The Balaban J connectivity index is 1.68. The first-order valence-corrected chi connectivity index (χ1v) is 8.29. The lowest BCUT2D eigenvalue weighted by atomic mass is 10.1. The van der Waals surface area contributed by atoms with Gasteiger partial charge < -0.3 is 5.32 Å². The molecule has 0 saturated carbocycles. The number of nitrogens with one attached hydrogen (secondary N) is 1. The summed E-state index contributed by atoms with van der Waals surface area (Å²) in [6.45, 7) is 3.75. The molecule has 0 saturated heterocycles. The minimum atomic E-state index is -0.460. The van der Waals surface area contributed by atoms with Gasteiger partial charge in [-0.25, -0.2) is 13.9 Å². The molecule has 2 heterocycles. The minimum Gasteiger partial charge on any atom is -0.319 e. The third-order valence-electron chi connectivity index (χ3n) is 4.11. The first-order chi connectivity index (χ1) is 13.1. The van der Waals surface area contributed by atoms with Crippen molar-refractivity contribution in [1.29, 1.82) is 0 Å². The van der Waals surface area contributed by atoms with Crippen LogP contribution in [0.3, 0.4) is 0 Å². The van der Waals surface area contributed by atoms with Crippen LogP contribution in [-0.2, 0) is 0 Å². The molecular formula is C21H15FN4O. The Labute approximate surface area is 154 Å². The predicted octanol–water partition coefficient (Wildman–Crippen LogP) is 4.43. The topological polar surface area (TPSA) is 59.3 Å². The van der Waals surface area contributed by atoms with Crippen LogP contribution < -0.4 is 5.32 Å². The number of pyridine rings is 1. The van der Waals surface area contributed by atoms with E-state index in [0.29, 0.717) is 11.3 Å². The molecule has 0 aliphatic heterocycles. The summed E-state index contributed by atoms with van der Waals surface area (Å²) in [4.78, 5) is 16.7. The minimum absolute atomic E-state index is 0.0366. The summed E-state index contributed by atoms with van der Waals surface area (Å²) < 4.78 is 14.6. The van der Waals surface area contributed by atoms with Gasteiger partial charge in [-0.3, -0.25) is 4.79 Å². The Bertz CT molecular complexity index is 1130. The lowest BCUT2D eigenvalue weighted by Crippen LogP contribution is -2.14. The van der Waals surface area contributed by atoms with Crippen LogP contribution in [0.1, 0.15) is 16.2 Å². The summed E-state index contributed by atoms with van der Waals surface area (Å²) in [7, 11) is 0. The van der Waals surface area contributed by atoms with Crippen molar-refractivity contribution in [1.82, 2.24) is 14.6 Å². The van der Waals surface area contributed by atoms with Crippen molar-refractivity contribution >= 4 is 23.3 Å². The van der Waals surface area contributed by atoms with Crippen LogP contribution in [0, 0.1) is 5.82 Å². The Morgan fingerprint density at radius 2 is 1.78 bits per heavy atom. The van der Waals surface area contributed by atoms with Crippen LogP contribution in [0.5, 0.6) is 0 Å². The zero-order valence-corrected chi connectivity index (χ0v) is 14.3. The molecule has 4 rings (SSSR count). The zero-order valence-electron chi connectivity index (χ0n) is 14.3. The third kappa shape index (κ3) is 3.32. The highest BCUT2D eigenvalue weighted by atomic mass is 19.1. The van der Waals surface area contributed by atoms with Crippen molar-refractivity contribution in [3.63, 3.8) is 0 Å². The molecule has 0 spiro atoms. The Kier molecular flexibility index (Phi) is 4.22. The summed E-state index contributed by atoms with van der Waals surface area (Å²) in [5.41, 5.74) is 3.81. The van der Waals surface area contributed by atoms with E-state index < -0.39 is 5.91 Å². The fourth-order valence-corrected chi connectivity index (χ4v) is 2.73. The van der Waals surface area contributed by atoms with Gasteiger partial charge in [0.15, 0.2) is 5.65 Å². The van der Waals surface area contributed by atoms with Gasteiger partial charge in [-0.2, -0.15) is 0 Å². The second-order valence-electron chi connectivity index (χ2n) is 5.90. The fourth-order valence-electron chi connectivity index (χ4n) is 2.73. The van der Waals surface area contributed by atoms with Crippen LogP contribution >= 0.6 is 0 Å². The standard InChI is InChI=1S/C21H15FN4O/c1-2-14-6-8-15(9-7-14)18-4-3-5-19-24-20(25-26(18)19)21(27)23-17-12-10-16(22)11-13-17/h2-13H,1H2,(H,23,27). The highest BCUT2D eigenvalue weighted by molar-refractivity contribution is 6.01. The lowest BCUT2D eigenvalue weighted by molar-refractivity contribution is 0.101. The number of nitrogens with zero attached hydrogens (tertiary/aromatic N) is 3. The van der Waals surface area contributed by atoms with Gasteiger partial charge in [0.25, 0.3) is 5.91 Å². The number of hydrogen-bond acceptors (Lipinski definition) is 3. The molecule has 0 atom stereocenters. The maximum Gasteiger partial charge on any atom is 0.295 e. The largest absolute Gasteiger partial charge is 0.319 e. The number of hydrogen-bond donors (Lipinski definition) is 1. The van der Waals surface area contributed by atoms with Crippen molar-refractivity contribution < 1.29 is 9.18 Å². The van der Waals surface area contributed by atoms with Crippen LogP contribution in [0.25, 0.3) is 23.0 Å². The molecule has 132 valence electrons. The SMILES string of the molecule is C=Cc1ccc(-c2cccc3nc(C(=O)Nc4ccc(F)cc4)nn23)cc1. The highest BCUT2D eigenvalue weighted by Gasteiger charge is 2.15.